The highest BCUT2D eigenvalue weighted by Gasteiger charge is 2.20. The summed E-state index contributed by atoms with van der Waals surface area (Å²) in [6.07, 6.45) is 0. The molecule has 0 aliphatic carbocycles. The molecular formula is C16H15FN6O3. The highest BCUT2D eigenvalue weighted by molar-refractivity contribution is 6.03. The van der Waals surface area contributed by atoms with Gasteiger partial charge in [-0.25, -0.2) is 4.39 Å². The van der Waals surface area contributed by atoms with E-state index in [1.165, 1.54) is 12.1 Å². The van der Waals surface area contributed by atoms with Crippen molar-refractivity contribution in [3.8, 4) is 0 Å². The van der Waals surface area contributed by atoms with Crippen LogP contribution in [0.25, 0.3) is 0 Å². The lowest BCUT2D eigenvalue weighted by molar-refractivity contribution is -0.389. The van der Waals surface area contributed by atoms with E-state index >= 15 is 0 Å². The monoisotopic (exact) mass is 358 g/mol. The molecule has 0 spiro atoms. The molecule has 2 aromatic heterocycles. The van der Waals surface area contributed by atoms with Crippen LogP contribution in [0.2, 0.25) is 0 Å². The zero-order valence-corrected chi connectivity index (χ0v) is 14.0. The van der Waals surface area contributed by atoms with Gasteiger partial charge in [0.25, 0.3) is 5.91 Å². The summed E-state index contributed by atoms with van der Waals surface area (Å²) in [4.78, 5) is 22.3. The van der Waals surface area contributed by atoms with Gasteiger partial charge in [0.2, 0.25) is 0 Å². The van der Waals surface area contributed by atoms with Crippen LogP contribution < -0.4 is 5.32 Å². The predicted octanol–water partition coefficient (Wildman–Crippen LogP) is 2.57. The van der Waals surface area contributed by atoms with Crippen molar-refractivity contribution in [2.45, 2.75) is 20.4 Å². The largest absolute Gasteiger partial charge is 0.358 e. The van der Waals surface area contributed by atoms with Gasteiger partial charge < -0.3 is 15.4 Å². The fourth-order valence-electron chi connectivity index (χ4n) is 2.49. The zero-order chi connectivity index (χ0) is 18.8. The quantitative estimate of drug-likeness (QED) is 0.537. The standard InChI is InChI=1S/C16H15FN6O3/c1-9-15(18-16(24)13-7-14(20-19-13)23(25)26)10(2)22(21-9)8-11-3-5-12(17)6-4-11/h3-7H,8H2,1-2H3,(H,18,24)(H,19,20). The number of H-pyrrole nitrogens is 1. The maximum Gasteiger partial charge on any atom is 0.343 e. The Kier molecular flexibility index (Phi) is 4.48. The summed E-state index contributed by atoms with van der Waals surface area (Å²) in [5.41, 5.74) is 2.55. The fourth-order valence-corrected chi connectivity index (χ4v) is 2.49. The molecule has 0 unspecified atom stereocenters. The van der Waals surface area contributed by atoms with E-state index in [0.717, 1.165) is 11.6 Å². The molecule has 9 nitrogen and oxygen atoms in total. The van der Waals surface area contributed by atoms with Crippen LogP contribution in [0.15, 0.2) is 30.3 Å². The van der Waals surface area contributed by atoms with Crippen LogP contribution in [0.4, 0.5) is 15.9 Å². The zero-order valence-electron chi connectivity index (χ0n) is 14.0. The summed E-state index contributed by atoms with van der Waals surface area (Å²) < 4.78 is 14.7. The average molecular weight is 358 g/mol. The van der Waals surface area contributed by atoms with Crippen molar-refractivity contribution in [1.29, 1.82) is 0 Å². The Morgan fingerprint density at radius 3 is 2.65 bits per heavy atom. The number of hydrogen-bond acceptors (Lipinski definition) is 5. The molecule has 0 fully saturated rings. The summed E-state index contributed by atoms with van der Waals surface area (Å²) >= 11 is 0. The number of carbonyl (C=O) groups is 1. The van der Waals surface area contributed by atoms with Crippen molar-refractivity contribution in [2.24, 2.45) is 0 Å². The number of nitro groups is 1. The third-order valence-electron chi connectivity index (χ3n) is 3.86. The number of carbonyl (C=O) groups excluding carboxylic acids is 1. The predicted molar refractivity (Wildman–Crippen MR) is 90.4 cm³/mol. The van der Waals surface area contributed by atoms with Crippen LogP contribution >= 0.6 is 0 Å². The maximum atomic E-state index is 13.0. The lowest BCUT2D eigenvalue weighted by atomic mass is 10.2. The van der Waals surface area contributed by atoms with Gasteiger partial charge in [-0.2, -0.15) is 5.10 Å². The molecule has 0 radical (unpaired) electrons. The van der Waals surface area contributed by atoms with Gasteiger partial charge in [-0.3, -0.25) is 9.48 Å². The molecule has 0 atom stereocenters. The third kappa shape index (κ3) is 3.43. The lowest BCUT2D eigenvalue weighted by Gasteiger charge is -2.06. The first-order valence-electron chi connectivity index (χ1n) is 7.64. The second kappa shape index (κ2) is 6.75. The Morgan fingerprint density at radius 1 is 1.35 bits per heavy atom. The molecule has 10 heteroatoms. The van der Waals surface area contributed by atoms with Crippen LogP contribution in [-0.2, 0) is 6.54 Å². The van der Waals surface area contributed by atoms with Crippen molar-refractivity contribution < 1.29 is 14.1 Å². The molecule has 0 aliphatic rings. The molecule has 1 aromatic carbocycles. The van der Waals surface area contributed by atoms with E-state index in [2.05, 4.69) is 20.6 Å². The first-order chi connectivity index (χ1) is 12.3. The topological polar surface area (TPSA) is 119 Å². The lowest BCUT2D eigenvalue weighted by Crippen LogP contribution is -2.14. The van der Waals surface area contributed by atoms with Crippen molar-refractivity contribution in [3.63, 3.8) is 0 Å². The van der Waals surface area contributed by atoms with Crippen molar-refractivity contribution in [1.82, 2.24) is 20.0 Å². The Balaban J connectivity index is 1.79. The Bertz CT molecular complexity index is 977. The number of benzene rings is 1. The van der Waals surface area contributed by atoms with Crippen molar-refractivity contribution in [3.05, 3.63) is 68.9 Å². The number of amides is 1. The number of anilines is 1. The Hall–Kier alpha value is -3.56. The van der Waals surface area contributed by atoms with Gasteiger partial charge in [0.1, 0.15) is 5.82 Å². The van der Waals surface area contributed by atoms with Gasteiger partial charge in [0.05, 0.1) is 29.7 Å². The number of rotatable bonds is 5. The summed E-state index contributed by atoms with van der Waals surface area (Å²) in [5.74, 6) is -1.26. The third-order valence-corrected chi connectivity index (χ3v) is 3.86. The van der Waals surface area contributed by atoms with Gasteiger partial charge in [0.15, 0.2) is 5.69 Å². The SMILES string of the molecule is Cc1nn(Cc2ccc(F)cc2)c(C)c1NC(=O)c1cc([N+](=O)[O-])[nH]n1. The van der Waals surface area contributed by atoms with Crippen LogP contribution in [0.3, 0.4) is 0 Å². The average Bonchev–Trinajstić information content (AvgIpc) is 3.18. The van der Waals surface area contributed by atoms with Crippen molar-refractivity contribution >= 4 is 17.4 Å². The van der Waals surface area contributed by atoms with Gasteiger partial charge in [-0.05, 0) is 36.5 Å². The highest BCUT2D eigenvalue weighted by atomic mass is 19.1. The van der Waals surface area contributed by atoms with Gasteiger partial charge in [0, 0.05) is 0 Å². The summed E-state index contributed by atoms with van der Waals surface area (Å²) in [5, 5.41) is 23.5. The number of aryl methyl sites for hydroxylation is 1. The molecule has 3 rings (SSSR count). The highest BCUT2D eigenvalue weighted by Crippen LogP contribution is 2.21. The van der Waals surface area contributed by atoms with Gasteiger partial charge >= 0.3 is 5.82 Å². The maximum absolute atomic E-state index is 13.0. The summed E-state index contributed by atoms with van der Waals surface area (Å²) in [7, 11) is 0. The molecule has 0 bridgehead atoms. The molecule has 3 aromatic rings. The van der Waals surface area contributed by atoms with E-state index in [-0.39, 0.29) is 17.3 Å². The minimum Gasteiger partial charge on any atom is -0.358 e. The number of aromatic nitrogens is 4. The molecule has 2 N–H and O–H groups in total. The molecule has 0 saturated heterocycles. The fraction of sp³-hybridized carbons (Fsp3) is 0.188. The van der Waals surface area contributed by atoms with Crippen LogP contribution in [0, 0.1) is 29.8 Å². The first-order valence-corrected chi connectivity index (χ1v) is 7.64. The van der Waals surface area contributed by atoms with Crippen LogP contribution in [-0.4, -0.2) is 30.8 Å². The second-order valence-electron chi connectivity index (χ2n) is 5.68. The number of nitrogens with zero attached hydrogens (tertiary/aromatic N) is 4. The minimum absolute atomic E-state index is 0.0956. The van der Waals surface area contributed by atoms with E-state index in [1.807, 2.05) is 0 Å². The smallest absolute Gasteiger partial charge is 0.343 e. The summed E-state index contributed by atoms with van der Waals surface area (Å²) in [6.45, 7) is 3.93. The molecular weight excluding hydrogens is 343 g/mol. The van der Waals surface area contributed by atoms with E-state index in [4.69, 9.17) is 0 Å². The molecule has 1 amide bonds. The normalized spacial score (nSPS) is 10.7. The first kappa shape index (κ1) is 17.3. The summed E-state index contributed by atoms with van der Waals surface area (Å²) in [6, 6.07) is 7.12. The molecule has 2 heterocycles. The number of nitrogens with one attached hydrogen (secondary N) is 2. The second-order valence-corrected chi connectivity index (χ2v) is 5.68. The number of aromatic amines is 1. The van der Waals surface area contributed by atoms with Crippen molar-refractivity contribution in [2.75, 3.05) is 5.32 Å². The van der Waals surface area contributed by atoms with E-state index < -0.39 is 10.8 Å². The van der Waals surface area contributed by atoms with Crippen LogP contribution in [0.5, 0.6) is 0 Å². The molecule has 0 saturated carbocycles. The minimum atomic E-state index is -0.666. The molecule has 0 aliphatic heterocycles. The Morgan fingerprint density at radius 2 is 2.04 bits per heavy atom. The van der Waals surface area contributed by atoms with Gasteiger partial charge in [-0.15, -0.1) is 5.10 Å². The Labute approximate surface area is 147 Å². The number of hydrogen-bond donors (Lipinski definition) is 2. The van der Waals surface area contributed by atoms with E-state index in [0.29, 0.717) is 23.6 Å². The van der Waals surface area contributed by atoms with E-state index in [1.54, 1.807) is 30.7 Å². The van der Waals surface area contributed by atoms with E-state index in [9.17, 15) is 19.3 Å². The molecule has 26 heavy (non-hydrogen) atoms. The van der Waals surface area contributed by atoms with Gasteiger partial charge in [-0.1, -0.05) is 17.2 Å². The molecule has 134 valence electrons. The number of halogens is 1. The van der Waals surface area contributed by atoms with Crippen LogP contribution in [0.1, 0.15) is 27.4 Å².